The van der Waals surface area contributed by atoms with Crippen LogP contribution in [0.15, 0.2) is 84.0 Å². The summed E-state index contributed by atoms with van der Waals surface area (Å²) in [7, 11) is 0. The molecule has 1 fully saturated rings. The van der Waals surface area contributed by atoms with Gasteiger partial charge in [0.25, 0.3) is 11.6 Å². The molecule has 2 amide bonds. The molecule has 0 saturated carbocycles. The van der Waals surface area contributed by atoms with Gasteiger partial charge in [0, 0.05) is 67.2 Å². The minimum Gasteiger partial charge on any atom is -0.339 e. The first-order valence-corrected chi connectivity index (χ1v) is 15.3. The van der Waals surface area contributed by atoms with Crippen LogP contribution < -0.4 is 0 Å². The Morgan fingerprint density at radius 3 is 2.42 bits per heavy atom. The van der Waals surface area contributed by atoms with Crippen LogP contribution in [0.3, 0.4) is 0 Å². The number of aryl methyl sites for hydroxylation is 1. The van der Waals surface area contributed by atoms with E-state index in [1.54, 1.807) is 40.6 Å². The van der Waals surface area contributed by atoms with Crippen LogP contribution in [0.2, 0.25) is 0 Å². The van der Waals surface area contributed by atoms with Gasteiger partial charge in [0.2, 0.25) is 5.91 Å². The standard InChI is InChI=1S/C32H34N6O4S/c1-23-15-16-26(21-28(23)38(41)42)31(40)36-18-17-35(22-24(36)2)30(39)14-9-19-43-32-34-33-29(20-25-10-5-3-6-11-25)37(32)27-12-7-4-8-13-27/h3-8,10-13,15-16,21,24H,9,14,17-20,22H2,1-2H3. The highest BCUT2D eigenvalue weighted by Crippen LogP contribution is 2.25. The minimum absolute atomic E-state index is 0.0554. The molecule has 0 aliphatic carbocycles. The van der Waals surface area contributed by atoms with Crippen LogP contribution in [-0.4, -0.2) is 72.7 Å². The van der Waals surface area contributed by atoms with E-state index in [9.17, 15) is 19.7 Å². The summed E-state index contributed by atoms with van der Waals surface area (Å²) in [5.74, 6) is 1.37. The zero-order valence-corrected chi connectivity index (χ0v) is 25.1. The Morgan fingerprint density at radius 2 is 1.72 bits per heavy atom. The molecular formula is C32H34N6O4S. The Morgan fingerprint density at radius 1 is 1.00 bits per heavy atom. The van der Waals surface area contributed by atoms with E-state index in [-0.39, 0.29) is 29.1 Å². The molecule has 43 heavy (non-hydrogen) atoms. The quantitative estimate of drug-likeness (QED) is 0.105. The number of nitrogens with zero attached hydrogens (tertiary/aromatic N) is 6. The summed E-state index contributed by atoms with van der Waals surface area (Å²) in [5.41, 5.74) is 2.89. The van der Waals surface area contributed by atoms with Crippen molar-refractivity contribution in [2.75, 3.05) is 25.4 Å². The zero-order chi connectivity index (χ0) is 30.3. The first-order valence-electron chi connectivity index (χ1n) is 14.3. The summed E-state index contributed by atoms with van der Waals surface area (Å²) in [4.78, 5) is 40.5. The maximum Gasteiger partial charge on any atom is 0.273 e. The van der Waals surface area contributed by atoms with Gasteiger partial charge in [-0.25, -0.2) is 0 Å². The molecule has 11 heteroatoms. The van der Waals surface area contributed by atoms with Gasteiger partial charge in [0.05, 0.1) is 4.92 Å². The summed E-state index contributed by atoms with van der Waals surface area (Å²) >= 11 is 1.59. The zero-order valence-electron chi connectivity index (χ0n) is 24.3. The number of para-hydroxylation sites is 1. The van der Waals surface area contributed by atoms with Crippen molar-refractivity contribution < 1.29 is 14.5 Å². The maximum absolute atomic E-state index is 13.1. The number of amides is 2. The molecule has 1 saturated heterocycles. The van der Waals surface area contributed by atoms with Gasteiger partial charge in [-0.05, 0) is 44.0 Å². The molecule has 5 rings (SSSR count). The van der Waals surface area contributed by atoms with Gasteiger partial charge in [-0.3, -0.25) is 24.3 Å². The average Bonchev–Trinajstić information content (AvgIpc) is 3.41. The second-order valence-corrected chi connectivity index (χ2v) is 11.7. The lowest BCUT2D eigenvalue weighted by molar-refractivity contribution is -0.385. The largest absolute Gasteiger partial charge is 0.339 e. The van der Waals surface area contributed by atoms with E-state index in [0.717, 1.165) is 22.2 Å². The smallest absolute Gasteiger partial charge is 0.273 e. The van der Waals surface area contributed by atoms with Crippen molar-refractivity contribution in [1.29, 1.82) is 0 Å². The number of carbonyl (C=O) groups is 2. The highest BCUT2D eigenvalue weighted by molar-refractivity contribution is 7.99. The Hall–Kier alpha value is -4.51. The molecule has 10 nitrogen and oxygen atoms in total. The number of hydrogen-bond donors (Lipinski definition) is 0. The van der Waals surface area contributed by atoms with Gasteiger partial charge in [0.15, 0.2) is 5.16 Å². The summed E-state index contributed by atoms with van der Waals surface area (Å²) in [6.07, 6.45) is 1.74. The van der Waals surface area contributed by atoms with Crippen molar-refractivity contribution in [3.05, 3.63) is 111 Å². The predicted molar refractivity (Wildman–Crippen MR) is 165 cm³/mol. The van der Waals surface area contributed by atoms with Crippen molar-refractivity contribution in [3.8, 4) is 5.69 Å². The SMILES string of the molecule is Cc1ccc(C(=O)N2CCN(C(=O)CCCSc3nnc(Cc4ccccc4)n3-c3ccccc3)CC2C)cc1[N+](=O)[O-]. The molecule has 0 N–H and O–H groups in total. The topological polar surface area (TPSA) is 114 Å². The van der Waals surface area contributed by atoms with Crippen LogP contribution in [0.25, 0.3) is 5.69 Å². The number of piperazine rings is 1. The number of thioether (sulfide) groups is 1. The van der Waals surface area contributed by atoms with E-state index in [4.69, 9.17) is 0 Å². The van der Waals surface area contributed by atoms with Crippen molar-refractivity contribution in [2.45, 2.75) is 44.3 Å². The lowest BCUT2D eigenvalue weighted by atomic mass is 10.1. The molecule has 1 aromatic heterocycles. The first-order chi connectivity index (χ1) is 20.8. The monoisotopic (exact) mass is 598 g/mol. The first kappa shape index (κ1) is 30.0. The molecule has 1 aliphatic heterocycles. The van der Waals surface area contributed by atoms with Crippen molar-refractivity contribution >= 4 is 29.3 Å². The number of aromatic nitrogens is 3. The summed E-state index contributed by atoms with van der Waals surface area (Å²) in [6.45, 7) is 4.79. The third-order valence-electron chi connectivity index (χ3n) is 7.58. The average molecular weight is 599 g/mol. The normalized spacial score (nSPS) is 15.0. The summed E-state index contributed by atoms with van der Waals surface area (Å²) in [6, 6.07) is 24.6. The maximum atomic E-state index is 13.1. The van der Waals surface area contributed by atoms with E-state index >= 15 is 0 Å². The fourth-order valence-corrected chi connectivity index (χ4v) is 6.17. The number of nitro groups is 1. The van der Waals surface area contributed by atoms with Crippen LogP contribution >= 0.6 is 11.8 Å². The second kappa shape index (κ2) is 13.6. The Balaban J connectivity index is 1.15. The van der Waals surface area contributed by atoms with Gasteiger partial charge in [-0.2, -0.15) is 0 Å². The Bertz CT molecular complexity index is 1590. The van der Waals surface area contributed by atoms with Gasteiger partial charge < -0.3 is 9.80 Å². The Labute approximate surface area is 254 Å². The highest BCUT2D eigenvalue weighted by Gasteiger charge is 2.31. The molecule has 1 unspecified atom stereocenters. The van der Waals surface area contributed by atoms with Gasteiger partial charge >= 0.3 is 0 Å². The van der Waals surface area contributed by atoms with Crippen LogP contribution in [0, 0.1) is 17.0 Å². The molecular weight excluding hydrogens is 564 g/mol. The number of benzene rings is 3. The molecule has 2 heterocycles. The van der Waals surface area contributed by atoms with Crippen LogP contribution in [0.5, 0.6) is 0 Å². The lowest BCUT2D eigenvalue weighted by Gasteiger charge is -2.40. The lowest BCUT2D eigenvalue weighted by Crippen LogP contribution is -2.55. The van der Waals surface area contributed by atoms with E-state index in [0.29, 0.717) is 50.2 Å². The molecule has 0 bridgehead atoms. The highest BCUT2D eigenvalue weighted by atomic mass is 32.2. The van der Waals surface area contributed by atoms with E-state index in [2.05, 4.69) is 26.9 Å². The Kier molecular flexibility index (Phi) is 9.51. The van der Waals surface area contributed by atoms with Crippen LogP contribution in [0.4, 0.5) is 5.69 Å². The van der Waals surface area contributed by atoms with Crippen molar-refractivity contribution in [2.24, 2.45) is 0 Å². The fraction of sp³-hybridized carbons (Fsp3) is 0.312. The van der Waals surface area contributed by atoms with Gasteiger partial charge in [-0.15, -0.1) is 10.2 Å². The molecule has 4 aromatic rings. The predicted octanol–water partition coefficient (Wildman–Crippen LogP) is 5.32. The van der Waals surface area contributed by atoms with Crippen LogP contribution in [0.1, 0.15) is 47.1 Å². The summed E-state index contributed by atoms with van der Waals surface area (Å²) in [5, 5.41) is 21.1. The molecule has 1 aliphatic rings. The number of nitro benzene ring substituents is 1. The molecule has 0 spiro atoms. The number of hydrogen-bond acceptors (Lipinski definition) is 7. The van der Waals surface area contributed by atoms with Gasteiger partial charge in [0.1, 0.15) is 5.82 Å². The summed E-state index contributed by atoms with van der Waals surface area (Å²) < 4.78 is 2.08. The van der Waals surface area contributed by atoms with Crippen molar-refractivity contribution in [3.63, 3.8) is 0 Å². The second-order valence-electron chi connectivity index (χ2n) is 10.6. The van der Waals surface area contributed by atoms with E-state index in [1.165, 1.54) is 6.07 Å². The van der Waals surface area contributed by atoms with Crippen molar-refractivity contribution in [1.82, 2.24) is 24.6 Å². The third-order valence-corrected chi connectivity index (χ3v) is 8.60. The molecule has 1 atom stereocenters. The molecule has 222 valence electrons. The molecule has 0 radical (unpaired) electrons. The van der Waals surface area contributed by atoms with Crippen LogP contribution in [-0.2, 0) is 11.2 Å². The third kappa shape index (κ3) is 7.11. The number of rotatable bonds is 10. The van der Waals surface area contributed by atoms with E-state index in [1.807, 2.05) is 55.5 Å². The van der Waals surface area contributed by atoms with E-state index < -0.39 is 4.92 Å². The fourth-order valence-electron chi connectivity index (χ4n) is 5.26. The van der Waals surface area contributed by atoms with Gasteiger partial charge in [-0.1, -0.05) is 66.4 Å². The molecule has 3 aromatic carbocycles. The number of carbonyl (C=O) groups excluding carboxylic acids is 2. The minimum atomic E-state index is -0.473.